The van der Waals surface area contributed by atoms with Gasteiger partial charge in [0.05, 0.1) is 18.4 Å². The van der Waals surface area contributed by atoms with Crippen LogP contribution in [0.15, 0.2) is 12.4 Å². The lowest BCUT2D eigenvalue weighted by molar-refractivity contribution is 0.413. The molecule has 2 rings (SSSR count). The Hall–Kier alpha value is -0.860. The average molecular weight is 137 g/mol. The van der Waals surface area contributed by atoms with Gasteiger partial charge in [-0.3, -0.25) is 0 Å². The van der Waals surface area contributed by atoms with Crippen molar-refractivity contribution < 1.29 is 0 Å². The zero-order valence-corrected chi connectivity index (χ0v) is 5.90. The third-order valence-electron chi connectivity index (χ3n) is 2.09. The molecule has 3 heteroatoms. The molecule has 0 bridgehead atoms. The zero-order valence-electron chi connectivity index (χ0n) is 5.90. The molecule has 0 saturated heterocycles. The summed E-state index contributed by atoms with van der Waals surface area (Å²) in [6.07, 6.45) is 8.69. The minimum absolute atomic E-state index is 0.593. The first kappa shape index (κ1) is 5.89. The Morgan fingerprint density at radius 3 is 2.30 bits per heavy atom. The monoisotopic (exact) mass is 137 g/mol. The molecule has 1 heterocycles. The van der Waals surface area contributed by atoms with Gasteiger partial charge in [0.2, 0.25) is 0 Å². The van der Waals surface area contributed by atoms with Crippen LogP contribution in [-0.2, 0) is 0 Å². The van der Waals surface area contributed by atoms with Crippen LogP contribution in [0.3, 0.4) is 0 Å². The molecule has 54 valence electrons. The second kappa shape index (κ2) is 2.40. The Morgan fingerprint density at radius 1 is 1.10 bits per heavy atom. The van der Waals surface area contributed by atoms with E-state index in [4.69, 9.17) is 0 Å². The van der Waals surface area contributed by atoms with Crippen LogP contribution in [0, 0.1) is 0 Å². The molecule has 1 aromatic heterocycles. The van der Waals surface area contributed by atoms with Crippen molar-refractivity contribution in [1.29, 1.82) is 0 Å². The molecule has 0 spiro atoms. The Balaban J connectivity index is 2.12. The zero-order chi connectivity index (χ0) is 6.81. The normalized spacial score (nSPS) is 20.0. The first-order valence-corrected chi connectivity index (χ1v) is 3.82. The molecular formula is C7H11N3. The molecule has 1 saturated carbocycles. The van der Waals surface area contributed by atoms with Gasteiger partial charge in [0.15, 0.2) is 0 Å². The maximum Gasteiger partial charge on any atom is 0.0716 e. The second-order valence-corrected chi connectivity index (χ2v) is 2.79. The number of rotatable bonds is 1. The summed E-state index contributed by atoms with van der Waals surface area (Å²) in [5, 5.41) is 8.21. The van der Waals surface area contributed by atoms with Crippen molar-refractivity contribution in [2.24, 2.45) is 0 Å². The van der Waals surface area contributed by atoms with Gasteiger partial charge < -0.3 is 0 Å². The molecule has 0 radical (unpaired) electrons. The van der Waals surface area contributed by atoms with Crippen molar-refractivity contribution in [2.75, 3.05) is 0 Å². The maximum atomic E-state index is 4.10. The van der Waals surface area contributed by atoms with Crippen LogP contribution < -0.4 is 0 Å². The Morgan fingerprint density at radius 2 is 1.70 bits per heavy atom. The Kier molecular flexibility index (Phi) is 1.42. The van der Waals surface area contributed by atoms with E-state index in [1.165, 1.54) is 25.7 Å². The smallest absolute Gasteiger partial charge is 0.0716 e. The predicted molar refractivity (Wildman–Crippen MR) is 37.5 cm³/mol. The highest BCUT2D eigenvalue weighted by Gasteiger charge is 2.17. The number of hydrogen-bond donors (Lipinski definition) is 0. The first-order chi connectivity index (χ1) is 4.97. The SMILES string of the molecule is c1cnn(C2CCCC2)n1. The van der Waals surface area contributed by atoms with E-state index in [9.17, 15) is 0 Å². The molecule has 0 amide bonds. The second-order valence-electron chi connectivity index (χ2n) is 2.79. The van der Waals surface area contributed by atoms with Gasteiger partial charge in [-0.2, -0.15) is 15.0 Å². The highest BCUT2D eigenvalue weighted by molar-refractivity contribution is 4.72. The molecule has 1 aliphatic carbocycles. The lowest BCUT2D eigenvalue weighted by atomic mass is 10.3. The molecule has 0 aliphatic heterocycles. The largest absolute Gasteiger partial charge is 0.182 e. The van der Waals surface area contributed by atoms with Crippen molar-refractivity contribution in [2.45, 2.75) is 31.7 Å². The van der Waals surface area contributed by atoms with Gasteiger partial charge >= 0.3 is 0 Å². The van der Waals surface area contributed by atoms with E-state index < -0.39 is 0 Å². The summed E-state index contributed by atoms with van der Waals surface area (Å²) in [6, 6.07) is 0.593. The quantitative estimate of drug-likeness (QED) is 0.585. The summed E-state index contributed by atoms with van der Waals surface area (Å²) in [7, 11) is 0. The maximum absolute atomic E-state index is 4.10. The molecule has 1 aromatic rings. The summed E-state index contributed by atoms with van der Waals surface area (Å²) < 4.78 is 0. The van der Waals surface area contributed by atoms with Gasteiger partial charge in [-0.15, -0.1) is 0 Å². The Bertz CT molecular complexity index is 187. The number of aromatic nitrogens is 3. The summed E-state index contributed by atoms with van der Waals surface area (Å²) in [6.45, 7) is 0. The van der Waals surface area contributed by atoms with Gasteiger partial charge in [0, 0.05) is 0 Å². The lowest BCUT2D eigenvalue weighted by Gasteiger charge is -2.05. The molecule has 10 heavy (non-hydrogen) atoms. The van der Waals surface area contributed by atoms with Crippen LogP contribution in [0.25, 0.3) is 0 Å². The van der Waals surface area contributed by atoms with Gasteiger partial charge in [-0.1, -0.05) is 12.8 Å². The molecule has 0 aromatic carbocycles. The van der Waals surface area contributed by atoms with Gasteiger partial charge in [-0.25, -0.2) is 0 Å². The number of nitrogens with zero attached hydrogens (tertiary/aromatic N) is 3. The fraction of sp³-hybridized carbons (Fsp3) is 0.714. The van der Waals surface area contributed by atoms with Crippen LogP contribution in [0.1, 0.15) is 31.7 Å². The lowest BCUT2D eigenvalue weighted by Crippen LogP contribution is -2.07. The van der Waals surface area contributed by atoms with Crippen LogP contribution in [0.5, 0.6) is 0 Å². The topological polar surface area (TPSA) is 30.7 Å². The third kappa shape index (κ3) is 0.916. The number of hydrogen-bond acceptors (Lipinski definition) is 2. The van der Waals surface area contributed by atoms with E-state index in [0.29, 0.717) is 6.04 Å². The minimum Gasteiger partial charge on any atom is -0.182 e. The molecule has 0 atom stereocenters. The van der Waals surface area contributed by atoms with Crippen LogP contribution in [0.4, 0.5) is 0 Å². The van der Waals surface area contributed by atoms with Gasteiger partial charge in [-0.05, 0) is 12.8 Å². The molecule has 1 fully saturated rings. The van der Waals surface area contributed by atoms with Crippen molar-refractivity contribution in [1.82, 2.24) is 15.0 Å². The molecule has 3 nitrogen and oxygen atoms in total. The average Bonchev–Trinajstić information content (AvgIpc) is 2.59. The highest BCUT2D eigenvalue weighted by atomic mass is 15.5. The van der Waals surface area contributed by atoms with Crippen LogP contribution in [0.2, 0.25) is 0 Å². The standard InChI is InChI=1S/C7H11N3/c1-2-4-7(3-1)10-8-5-6-9-10/h5-7H,1-4H2. The Labute approximate surface area is 60.0 Å². The van der Waals surface area contributed by atoms with E-state index in [1.807, 2.05) is 4.80 Å². The summed E-state index contributed by atoms with van der Waals surface area (Å²) in [5.41, 5.74) is 0. The van der Waals surface area contributed by atoms with Crippen molar-refractivity contribution in [3.05, 3.63) is 12.4 Å². The van der Waals surface area contributed by atoms with Gasteiger partial charge in [0.1, 0.15) is 0 Å². The van der Waals surface area contributed by atoms with Crippen molar-refractivity contribution >= 4 is 0 Å². The van der Waals surface area contributed by atoms with E-state index in [2.05, 4.69) is 10.2 Å². The van der Waals surface area contributed by atoms with E-state index in [0.717, 1.165) is 0 Å². The van der Waals surface area contributed by atoms with E-state index in [-0.39, 0.29) is 0 Å². The van der Waals surface area contributed by atoms with Gasteiger partial charge in [0.25, 0.3) is 0 Å². The van der Waals surface area contributed by atoms with Crippen molar-refractivity contribution in [3.8, 4) is 0 Å². The predicted octanol–water partition coefficient (Wildman–Crippen LogP) is 1.39. The van der Waals surface area contributed by atoms with E-state index >= 15 is 0 Å². The third-order valence-corrected chi connectivity index (χ3v) is 2.09. The minimum atomic E-state index is 0.593. The van der Waals surface area contributed by atoms with Crippen molar-refractivity contribution in [3.63, 3.8) is 0 Å². The molecular weight excluding hydrogens is 126 g/mol. The highest BCUT2D eigenvalue weighted by Crippen LogP contribution is 2.27. The fourth-order valence-electron chi connectivity index (χ4n) is 1.55. The van der Waals surface area contributed by atoms with Crippen LogP contribution in [-0.4, -0.2) is 15.0 Å². The molecule has 0 N–H and O–H groups in total. The summed E-state index contributed by atoms with van der Waals surface area (Å²) >= 11 is 0. The fourth-order valence-corrected chi connectivity index (χ4v) is 1.55. The molecule has 0 unspecified atom stereocenters. The first-order valence-electron chi connectivity index (χ1n) is 3.82. The van der Waals surface area contributed by atoms with E-state index in [1.54, 1.807) is 12.4 Å². The van der Waals surface area contributed by atoms with Crippen LogP contribution >= 0.6 is 0 Å². The summed E-state index contributed by atoms with van der Waals surface area (Å²) in [5.74, 6) is 0. The molecule has 1 aliphatic rings. The summed E-state index contributed by atoms with van der Waals surface area (Å²) in [4.78, 5) is 1.84.